The molecular weight excluding hydrogens is 265 g/mol. The van der Waals surface area contributed by atoms with Gasteiger partial charge in [0.25, 0.3) is 0 Å². The Morgan fingerprint density at radius 3 is 2.48 bits per heavy atom. The average molecular weight is 285 g/mol. The molecule has 21 heavy (non-hydrogen) atoms. The van der Waals surface area contributed by atoms with Crippen LogP contribution in [-0.4, -0.2) is 20.2 Å². The number of hydrogen-bond donors (Lipinski definition) is 1. The van der Waals surface area contributed by atoms with Gasteiger partial charge in [-0.25, -0.2) is 4.39 Å². The predicted octanol–water partition coefficient (Wildman–Crippen LogP) is 3.70. The van der Waals surface area contributed by atoms with Gasteiger partial charge in [-0.1, -0.05) is 36.4 Å². The molecule has 2 unspecified atom stereocenters. The van der Waals surface area contributed by atoms with E-state index in [0.717, 1.165) is 30.8 Å². The van der Waals surface area contributed by atoms with Crippen molar-refractivity contribution in [3.8, 4) is 5.75 Å². The number of piperidine rings is 1. The van der Waals surface area contributed by atoms with E-state index in [1.54, 1.807) is 19.2 Å². The Morgan fingerprint density at radius 2 is 1.71 bits per heavy atom. The summed E-state index contributed by atoms with van der Waals surface area (Å²) in [6.45, 7) is 1.75. The minimum Gasteiger partial charge on any atom is -0.496 e. The molecule has 0 spiro atoms. The first-order valence-corrected chi connectivity index (χ1v) is 7.39. The summed E-state index contributed by atoms with van der Waals surface area (Å²) in [6.07, 6.45) is 0.985. The van der Waals surface area contributed by atoms with Gasteiger partial charge in [0, 0.05) is 12.5 Å². The van der Waals surface area contributed by atoms with Crippen LogP contribution in [0.5, 0.6) is 5.75 Å². The largest absolute Gasteiger partial charge is 0.496 e. The number of ether oxygens (including phenoxy) is 1. The standard InChI is InChI=1S/C18H20FNO/c1-21-18-9-5-3-7-15(18)13-10-11-20-12-16(13)14-6-2-4-8-17(14)19/h2-9,13,16,20H,10-12H2,1H3. The van der Waals surface area contributed by atoms with E-state index in [4.69, 9.17) is 4.74 Å². The van der Waals surface area contributed by atoms with Crippen LogP contribution in [0.2, 0.25) is 0 Å². The highest BCUT2D eigenvalue weighted by Gasteiger charge is 2.31. The highest BCUT2D eigenvalue weighted by Crippen LogP contribution is 2.41. The highest BCUT2D eigenvalue weighted by atomic mass is 19.1. The van der Waals surface area contributed by atoms with Crippen molar-refractivity contribution < 1.29 is 9.13 Å². The van der Waals surface area contributed by atoms with Crippen molar-refractivity contribution in [1.29, 1.82) is 0 Å². The van der Waals surface area contributed by atoms with Crippen LogP contribution in [0.3, 0.4) is 0 Å². The maximum atomic E-state index is 14.2. The molecule has 0 aliphatic carbocycles. The highest BCUT2D eigenvalue weighted by molar-refractivity contribution is 5.40. The summed E-state index contributed by atoms with van der Waals surface area (Å²) in [7, 11) is 1.69. The van der Waals surface area contributed by atoms with Crippen LogP contribution in [0.15, 0.2) is 48.5 Å². The number of para-hydroxylation sites is 1. The summed E-state index contributed by atoms with van der Waals surface area (Å²) in [5.74, 6) is 1.19. The van der Waals surface area contributed by atoms with E-state index in [2.05, 4.69) is 11.4 Å². The van der Waals surface area contributed by atoms with Crippen LogP contribution in [0.1, 0.15) is 29.4 Å². The Labute approximate surface area is 125 Å². The molecular formula is C18H20FNO. The van der Waals surface area contributed by atoms with E-state index in [1.807, 2.05) is 30.3 Å². The molecule has 110 valence electrons. The van der Waals surface area contributed by atoms with Gasteiger partial charge < -0.3 is 10.1 Å². The summed E-state index contributed by atoms with van der Waals surface area (Å²) in [6, 6.07) is 15.2. The molecule has 2 aromatic carbocycles. The third kappa shape index (κ3) is 2.79. The topological polar surface area (TPSA) is 21.3 Å². The Morgan fingerprint density at radius 1 is 1.00 bits per heavy atom. The van der Waals surface area contributed by atoms with Gasteiger partial charge in [-0.3, -0.25) is 0 Å². The number of rotatable bonds is 3. The number of methoxy groups -OCH3 is 1. The first-order valence-electron chi connectivity index (χ1n) is 7.39. The molecule has 1 N–H and O–H groups in total. The second-order valence-electron chi connectivity index (χ2n) is 5.47. The smallest absolute Gasteiger partial charge is 0.126 e. The Kier molecular flexibility index (Phi) is 4.20. The maximum absolute atomic E-state index is 14.2. The van der Waals surface area contributed by atoms with E-state index in [9.17, 15) is 4.39 Å². The summed E-state index contributed by atoms with van der Waals surface area (Å²) in [5, 5.41) is 3.39. The van der Waals surface area contributed by atoms with Crippen molar-refractivity contribution in [1.82, 2.24) is 5.32 Å². The SMILES string of the molecule is COc1ccccc1C1CCNCC1c1ccccc1F. The lowest BCUT2D eigenvalue weighted by Gasteiger charge is -2.33. The maximum Gasteiger partial charge on any atom is 0.126 e. The first kappa shape index (κ1) is 14.1. The first-order chi connectivity index (χ1) is 10.3. The summed E-state index contributed by atoms with van der Waals surface area (Å²) < 4.78 is 19.7. The van der Waals surface area contributed by atoms with Crippen molar-refractivity contribution in [2.75, 3.05) is 20.2 Å². The van der Waals surface area contributed by atoms with Gasteiger partial charge >= 0.3 is 0 Å². The van der Waals surface area contributed by atoms with Crippen LogP contribution in [0, 0.1) is 5.82 Å². The number of halogens is 1. The summed E-state index contributed by atoms with van der Waals surface area (Å²) in [5.41, 5.74) is 1.97. The third-order valence-electron chi connectivity index (χ3n) is 4.33. The molecule has 1 saturated heterocycles. The lowest BCUT2D eigenvalue weighted by molar-refractivity contribution is 0.366. The van der Waals surface area contributed by atoms with Gasteiger partial charge in [0.2, 0.25) is 0 Å². The van der Waals surface area contributed by atoms with Crippen molar-refractivity contribution >= 4 is 0 Å². The van der Waals surface area contributed by atoms with E-state index in [0.29, 0.717) is 0 Å². The molecule has 1 aliphatic rings. The molecule has 1 fully saturated rings. The fourth-order valence-corrected chi connectivity index (χ4v) is 3.31. The molecule has 1 heterocycles. The minimum absolute atomic E-state index is 0.119. The van der Waals surface area contributed by atoms with Crippen LogP contribution >= 0.6 is 0 Å². The second kappa shape index (κ2) is 6.27. The molecule has 2 aromatic rings. The van der Waals surface area contributed by atoms with E-state index >= 15 is 0 Å². The zero-order valence-electron chi connectivity index (χ0n) is 12.2. The van der Waals surface area contributed by atoms with Crippen molar-refractivity contribution in [3.63, 3.8) is 0 Å². The molecule has 0 aromatic heterocycles. The van der Waals surface area contributed by atoms with Crippen LogP contribution < -0.4 is 10.1 Å². The molecule has 0 bridgehead atoms. The average Bonchev–Trinajstić information content (AvgIpc) is 2.55. The molecule has 2 nitrogen and oxygen atoms in total. The third-order valence-corrected chi connectivity index (χ3v) is 4.33. The van der Waals surface area contributed by atoms with Gasteiger partial charge in [0.1, 0.15) is 11.6 Å². The van der Waals surface area contributed by atoms with Crippen molar-refractivity contribution in [3.05, 3.63) is 65.5 Å². The van der Waals surface area contributed by atoms with Gasteiger partial charge in [0.05, 0.1) is 7.11 Å². The Balaban J connectivity index is 2.01. The predicted molar refractivity (Wildman–Crippen MR) is 82.4 cm³/mol. The van der Waals surface area contributed by atoms with Gasteiger partial charge in [-0.15, -0.1) is 0 Å². The van der Waals surface area contributed by atoms with E-state index in [-0.39, 0.29) is 17.7 Å². The second-order valence-corrected chi connectivity index (χ2v) is 5.47. The van der Waals surface area contributed by atoms with Gasteiger partial charge in [-0.2, -0.15) is 0 Å². The summed E-state index contributed by atoms with van der Waals surface area (Å²) in [4.78, 5) is 0. The normalized spacial score (nSPS) is 22.0. The van der Waals surface area contributed by atoms with E-state index in [1.165, 1.54) is 5.56 Å². The summed E-state index contributed by atoms with van der Waals surface area (Å²) >= 11 is 0. The zero-order chi connectivity index (χ0) is 14.7. The molecule has 0 saturated carbocycles. The lowest BCUT2D eigenvalue weighted by atomic mass is 9.77. The van der Waals surface area contributed by atoms with Crippen LogP contribution in [0.4, 0.5) is 4.39 Å². The Bertz CT molecular complexity index is 614. The minimum atomic E-state index is -0.119. The fourth-order valence-electron chi connectivity index (χ4n) is 3.31. The van der Waals surface area contributed by atoms with Gasteiger partial charge in [-0.05, 0) is 42.1 Å². The van der Waals surface area contributed by atoms with Crippen LogP contribution in [0.25, 0.3) is 0 Å². The molecule has 1 aliphatic heterocycles. The molecule has 3 rings (SSSR count). The van der Waals surface area contributed by atoms with Crippen molar-refractivity contribution in [2.24, 2.45) is 0 Å². The van der Waals surface area contributed by atoms with Crippen LogP contribution in [-0.2, 0) is 0 Å². The molecule has 3 heteroatoms. The lowest BCUT2D eigenvalue weighted by Crippen LogP contribution is -2.34. The Hall–Kier alpha value is -1.87. The van der Waals surface area contributed by atoms with E-state index < -0.39 is 0 Å². The number of nitrogens with one attached hydrogen (secondary N) is 1. The zero-order valence-corrected chi connectivity index (χ0v) is 12.2. The van der Waals surface area contributed by atoms with Gasteiger partial charge in [0.15, 0.2) is 0 Å². The number of benzene rings is 2. The molecule has 2 atom stereocenters. The number of hydrogen-bond acceptors (Lipinski definition) is 2. The van der Waals surface area contributed by atoms with Crippen molar-refractivity contribution in [2.45, 2.75) is 18.3 Å². The quantitative estimate of drug-likeness (QED) is 0.928. The molecule has 0 radical (unpaired) electrons. The molecule has 0 amide bonds. The monoisotopic (exact) mass is 285 g/mol. The fraction of sp³-hybridized carbons (Fsp3) is 0.333.